The van der Waals surface area contributed by atoms with Crippen molar-refractivity contribution in [3.63, 3.8) is 0 Å². The van der Waals surface area contributed by atoms with Crippen LogP contribution in [0.3, 0.4) is 0 Å². The molecule has 182 valence electrons. The minimum atomic E-state index is -4.70. The molecule has 3 aromatic rings. The highest BCUT2D eigenvalue weighted by molar-refractivity contribution is 7.91. The largest absolute Gasteiger partial charge is 0.482 e. The quantitative estimate of drug-likeness (QED) is 0.431. The Morgan fingerprint density at radius 3 is 2.21 bits per heavy atom. The SMILES string of the molecule is CCS(=O)(=O)c1ccc(Oc2ccc(F)cc2F)c(-c2cc(=O)n(C)cc2OCC(F)(F)F)c1. The van der Waals surface area contributed by atoms with Crippen LogP contribution in [0.4, 0.5) is 22.0 Å². The molecule has 0 radical (unpaired) electrons. The van der Waals surface area contributed by atoms with E-state index in [1.807, 2.05) is 0 Å². The zero-order valence-electron chi connectivity index (χ0n) is 17.8. The van der Waals surface area contributed by atoms with Gasteiger partial charge in [0.1, 0.15) is 17.3 Å². The van der Waals surface area contributed by atoms with Crippen LogP contribution >= 0.6 is 0 Å². The van der Waals surface area contributed by atoms with Gasteiger partial charge in [-0.3, -0.25) is 4.79 Å². The van der Waals surface area contributed by atoms with Gasteiger partial charge in [0.15, 0.2) is 28.0 Å². The standard InChI is InChI=1S/C22H18F5NO5S/c1-3-34(30,31)14-5-7-18(33-19-6-4-13(23)8-17(19)24)15(9-14)16-10-21(29)28(2)11-20(16)32-12-22(25,26)27/h4-11H,3,12H2,1-2H3. The first-order valence-electron chi connectivity index (χ1n) is 9.71. The van der Waals surface area contributed by atoms with E-state index in [0.29, 0.717) is 6.07 Å². The zero-order valence-corrected chi connectivity index (χ0v) is 18.6. The van der Waals surface area contributed by atoms with Gasteiger partial charge in [0, 0.05) is 36.5 Å². The number of aromatic nitrogens is 1. The Morgan fingerprint density at radius 2 is 1.59 bits per heavy atom. The molecule has 0 saturated heterocycles. The second-order valence-corrected chi connectivity index (χ2v) is 9.42. The molecule has 0 atom stereocenters. The van der Waals surface area contributed by atoms with E-state index in [1.165, 1.54) is 14.0 Å². The van der Waals surface area contributed by atoms with Crippen molar-refractivity contribution in [2.75, 3.05) is 12.4 Å². The van der Waals surface area contributed by atoms with Crippen LogP contribution in [0.25, 0.3) is 11.1 Å². The summed E-state index contributed by atoms with van der Waals surface area (Å²) in [5, 5.41) is 0. The van der Waals surface area contributed by atoms with Crippen LogP contribution in [-0.4, -0.2) is 31.5 Å². The highest BCUT2D eigenvalue weighted by Crippen LogP contribution is 2.40. The predicted molar refractivity (Wildman–Crippen MR) is 113 cm³/mol. The number of halogens is 5. The Morgan fingerprint density at radius 1 is 0.941 bits per heavy atom. The number of ether oxygens (including phenoxy) is 2. The number of rotatable bonds is 7. The Bertz CT molecular complexity index is 1380. The second-order valence-electron chi connectivity index (χ2n) is 7.14. The molecule has 0 spiro atoms. The van der Waals surface area contributed by atoms with Crippen LogP contribution in [0.15, 0.2) is 58.4 Å². The molecule has 0 unspecified atom stereocenters. The van der Waals surface area contributed by atoms with Crippen LogP contribution in [-0.2, 0) is 16.9 Å². The van der Waals surface area contributed by atoms with Gasteiger partial charge < -0.3 is 14.0 Å². The summed E-state index contributed by atoms with van der Waals surface area (Å²) in [5.41, 5.74) is -0.997. The molecule has 34 heavy (non-hydrogen) atoms. The van der Waals surface area contributed by atoms with Gasteiger partial charge in [0.2, 0.25) is 0 Å². The third kappa shape index (κ3) is 5.74. The van der Waals surface area contributed by atoms with Gasteiger partial charge in [-0.25, -0.2) is 17.2 Å². The first-order chi connectivity index (χ1) is 15.8. The third-order valence-electron chi connectivity index (χ3n) is 4.68. The molecule has 0 aliphatic rings. The Balaban J connectivity index is 2.24. The van der Waals surface area contributed by atoms with Crippen molar-refractivity contribution >= 4 is 9.84 Å². The average molecular weight is 503 g/mol. The lowest BCUT2D eigenvalue weighted by Gasteiger charge is -2.18. The van der Waals surface area contributed by atoms with Gasteiger partial charge in [-0.2, -0.15) is 13.2 Å². The van der Waals surface area contributed by atoms with E-state index in [9.17, 15) is 35.2 Å². The minimum Gasteiger partial charge on any atom is -0.482 e. The molecule has 0 aliphatic heterocycles. The van der Waals surface area contributed by atoms with E-state index in [0.717, 1.165) is 47.2 Å². The lowest BCUT2D eigenvalue weighted by molar-refractivity contribution is -0.153. The maximum Gasteiger partial charge on any atom is 0.422 e. The number of hydrogen-bond donors (Lipinski definition) is 0. The molecule has 2 aromatic carbocycles. The van der Waals surface area contributed by atoms with Crippen LogP contribution in [0, 0.1) is 11.6 Å². The predicted octanol–water partition coefficient (Wildman–Crippen LogP) is 4.86. The lowest BCUT2D eigenvalue weighted by Crippen LogP contribution is -2.22. The third-order valence-corrected chi connectivity index (χ3v) is 6.41. The van der Waals surface area contributed by atoms with Gasteiger partial charge in [-0.05, 0) is 30.3 Å². The smallest absolute Gasteiger partial charge is 0.422 e. The molecular weight excluding hydrogens is 485 g/mol. The highest BCUT2D eigenvalue weighted by Gasteiger charge is 2.29. The number of benzene rings is 2. The van der Waals surface area contributed by atoms with Crippen molar-refractivity contribution < 1.29 is 39.8 Å². The van der Waals surface area contributed by atoms with Crippen LogP contribution in [0.5, 0.6) is 17.2 Å². The summed E-state index contributed by atoms with van der Waals surface area (Å²) in [7, 11) is -2.49. The monoisotopic (exact) mass is 503 g/mol. The van der Waals surface area contributed by atoms with E-state index in [4.69, 9.17) is 9.47 Å². The van der Waals surface area contributed by atoms with Crippen LogP contribution in [0.2, 0.25) is 0 Å². The fourth-order valence-electron chi connectivity index (χ4n) is 2.94. The average Bonchev–Trinajstić information content (AvgIpc) is 2.75. The molecular formula is C22H18F5NO5S. The van der Waals surface area contributed by atoms with E-state index in [2.05, 4.69) is 0 Å². The first-order valence-corrected chi connectivity index (χ1v) is 11.4. The highest BCUT2D eigenvalue weighted by atomic mass is 32.2. The summed E-state index contributed by atoms with van der Waals surface area (Å²) < 4.78 is 102. The topological polar surface area (TPSA) is 74.6 Å². The molecule has 0 amide bonds. The summed E-state index contributed by atoms with van der Waals surface area (Å²) in [5.74, 6) is -3.26. The normalized spacial score (nSPS) is 12.0. The summed E-state index contributed by atoms with van der Waals surface area (Å²) >= 11 is 0. The zero-order chi connectivity index (χ0) is 25.3. The molecule has 0 saturated carbocycles. The maximum absolute atomic E-state index is 14.2. The summed E-state index contributed by atoms with van der Waals surface area (Å²) in [6, 6.07) is 6.81. The lowest BCUT2D eigenvalue weighted by atomic mass is 10.0. The van der Waals surface area contributed by atoms with E-state index in [1.54, 1.807) is 0 Å². The fraction of sp³-hybridized carbons (Fsp3) is 0.227. The number of sulfone groups is 1. The van der Waals surface area contributed by atoms with Gasteiger partial charge >= 0.3 is 6.18 Å². The molecule has 1 aromatic heterocycles. The maximum atomic E-state index is 14.2. The molecule has 0 aliphatic carbocycles. The summed E-state index contributed by atoms with van der Waals surface area (Å²) in [6.45, 7) is -0.294. The summed E-state index contributed by atoms with van der Waals surface area (Å²) in [6.07, 6.45) is -3.69. The number of aryl methyl sites for hydroxylation is 1. The van der Waals surface area contributed by atoms with Crippen LogP contribution in [0.1, 0.15) is 6.92 Å². The number of pyridine rings is 1. The Hall–Kier alpha value is -3.41. The number of nitrogens with zero attached hydrogens (tertiary/aromatic N) is 1. The summed E-state index contributed by atoms with van der Waals surface area (Å²) in [4.78, 5) is 12.1. The van der Waals surface area contributed by atoms with Crippen molar-refractivity contribution in [2.45, 2.75) is 18.0 Å². The Kier molecular flexibility index (Phi) is 7.01. The van der Waals surface area contributed by atoms with Gasteiger partial charge in [0.05, 0.1) is 10.6 Å². The minimum absolute atomic E-state index is 0.145. The fourth-order valence-corrected chi connectivity index (χ4v) is 3.84. The van der Waals surface area contributed by atoms with Crippen molar-refractivity contribution in [1.29, 1.82) is 0 Å². The molecule has 0 fully saturated rings. The molecule has 0 N–H and O–H groups in total. The van der Waals surface area contributed by atoms with E-state index >= 15 is 0 Å². The number of alkyl halides is 3. The molecule has 12 heteroatoms. The van der Waals surface area contributed by atoms with E-state index in [-0.39, 0.29) is 27.5 Å². The van der Waals surface area contributed by atoms with Crippen LogP contribution < -0.4 is 15.0 Å². The second kappa shape index (κ2) is 9.45. The van der Waals surface area contributed by atoms with Gasteiger partial charge in [-0.15, -0.1) is 0 Å². The van der Waals surface area contributed by atoms with Crippen molar-refractivity contribution in [3.8, 4) is 28.4 Å². The molecule has 6 nitrogen and oxygen atoms in total. The molecule has 3 rings (SSSR count). The Labute approximate surface area is 191 Å². The van der Waals surface area contributed by atoms with E-state index < -0.39 is 51.3 Å². The number of hydrogen-bond acceptors (Lipinski definition) is 5. The van der Waals surface area contributed by atoms with Crippen molar-refractivity contribution in [1.82, 2.24) is 4.57 Å². The first kappa shape index (κ1) is 25.2. The molecule has 1 heterocycles. The van der Waals surface area contributed by atoms with Crippen molar-refractivity contribution in [3.05, 3.63) is 70.6 Å². The van der Waals surface area contributed by atoms with Gasteiger partial charge in [0.25, 0.3) is 5.56 Å². The van der Waals surface area contributed by atoms with Gasteiger partial charge in [-0.1, -0.05) is 6.92 Å². The van der Waals surface area contributed by atoms with Crippen molar-refractivity contribution in [2.24, 2.45) is 7.05 Å². The molecule has 0 bridgehead atoms.